The number of ketones is 2. The molecule has 1 heterocycles. The Labute approximate surface area is 302 Å². The van der Waals surface area contributed by atoms with Gasteiger partial charge < -0.3 is 24.4 Å². The first kappa shape index (κ1) is 43.5. The zero-order valence-electron chi connectivity index (χ0n) is 32.9. The predicted octanol–water partition coefficient (Wildman–Crippen LogP) is 5.42. The average Bonchev–Trinajstić information content (AvgIpc) is 3.58. The van der Waals surface area contributed by atoms with Crippen LogP contribution in [0.1, 0.15) is 98.7 Å². The first-order chi connectivity index (χ1) is 23.5. The van der Waals surface area contributed by atoms with Crippen LogP contribution < -0.4 is 0 Å². The Bertz CT molecular complexity index is 1220. The van der Waals surface area contributed by atoms with E-state index in [0.29, 0.717) is 13.0 Å². The number of Topliss-reactive ketones (excluding diaryl/α,β-unsaturated/α-hetero) is 2. The molecule has 10 nitrogen and oxygen atoms in total. The van der Waals surface area contributed by atoms with E-state index in [1.165, 1.54) is 0 Å². The van der Waals surface area contributed by atoms with E-state index in [0.717, 1.165) is 18.4 Å². The van der Waals surface area contributed by atoms with E-state index in [-0.39, 0.29) is 78.5 Å². The Morgan fingerprint density at radius 2 is 1.50 bits per heavy atom. The summed E-state index contributed by atoms with van der Waals surface area (Å²) >= 11 is 0. The van der Waals surface area contributed by atoms with Gasteiger partial charge in [0, 0.05) is 52.5 Å². The number of hydrogen-bond acceptors (Lipinski definition) is 8. The Morgan fingerprint density at radius 3 is 2.02 bits per heavy atom. The quantitative estimate of drug-likeness (QED) is 0.181. The van der Waals surface area contributed by atoms with E-state index in [9.17, 15) is 24.3 Å². The number of ether oxygens (including phenoxy) is 2. The molecule has 0 aromatic heterocycles. The standard InChI is InChI=1S/C40H67N3O7/c1-13-26(4)37(42(10)40(48)31(25(2)3)23-34(45)29(7)41(8)9)35(49-11)24-36(46)43-21-17-20-32(43)39(50-12)28(6)33(44)22-27(5)38(47)30-18-15-14-16-19-30/h14-16,18-19,25-29,31-32,35,37-39,47H,13,17,20-24H2,1-12H3/t26-,27-,28-,29-,31-,32-,35?,37-,38+,39+/m0/s1. The van der Waals surface area contributed by atoms with Crippen molar-refractivity contribution in [3.63, 3.8) is 0 Å². The molecule has 1 N–H and O–H groups in total. The number of aliphatic hydroxyl groups excluding tert-OH is 1. The van der Waals surface area contributed by atoms with Crippen molar-refractivity contribution >= 4 is 23.4 Å². The monoisotopic (exact) mass is 701 g/mol. The van der Waals surface area contributed by atoms with Crippen molar-refractivity contribution in [3.05, 3.63) is 35.9 Å². The van der Waals surface area contributed by atoms with Crippen LogP contribution in [0.5, 0.6) is 0 Å². The second-order valence-corrected chi connectivity index (χ2v) is 15.3. The van der Waals surface area contributed by atoms with Crippen LogP contribution in [0.4, 0.5) is 0 Å². The summed E-state index contributed by atoms with van der Waals surface area (Å²) < 4.78 is 12.0. The number of carbonyl (C=O) groups is 4. The van der Waals surface area contributed by atoms with Crippen LogP contribution >= 0.6 is 0 Å². The van der Waals surface area contributed by atoms with Crippen molar-refractivity contribution in [2.45, 2.75) is 123 Å². The molecule has 50 heavy (non-hydrogen) atoms. The summed E-state index contributed by atoms with van der Waals surface area (Å²) in [6.45, 7) is 14.2. The lowest BCUT2D eigenvalue weighted by atomic mass is 9.84. The van der Waals surface area contributed by atoms with E-state index in [1.807, 2.05) is 88.8 Å². The minimum atomic E-state index is -0.759. The Kier molecular flexibility index (Phi) is 17.7. The molecule has 1 fully saturated rings. The fraction of sp³-hybridized carbons (Fsp3) is 0.750. The Morgan fingerprint density at radius 1 is 0.880 bits per heavy atom. The summed E-state index contributed by atoms with van der Waals surface area (Å²) in [6, 6.07) is 8.39. The molecule has 1 aromatic rings. The predicted molar refractivity (Wildman–Crippen MR) is 197 cm³/mol. The van der Waals surface area contributed by atoms with Gasteiger partial charge in [0.15, 0.2) is 0 Å². The molecule has 10 heteroatoms. The lowest BCUT2D eigenvalue weighted by Gasteiger charge is -2.41. The molecule has 10 atom stereocenters. The Hall–Kier alpha value is -2.66. The van der Waals surface area contributed by atoms with Gasteiger partial charge in [0.1, 0.15) is 11.6 Å². The average molecular weight is 702 g/mol. The Balaban J connectivity index is 2.23. The van der Waals surface area contributed by atoms with Crippen LogP contribution in [-0.2, 0) is 28.7 Å². The summed E-state index contributed by atoms with van der Waals surface area (Å²) in [6.07, 6.45) is 0.860. The third kappa shape index (κ3) is 11.2. The summed E-state index contributed by atoms with van der Waals surface area (Å²) in [5, 5.41) is 10.9. The van der Waals surface area contributed by atoms with Crippen LogP contribution in [0, 0.1) is 29.6 Å². The summed E-state index contributed by atoms with van der Waals surface area (Å²) in [5.41, 5.74) is 0.777. The maximum absolute atomic E-state index is 14.1. The SMILES string of the molecule is CC[C@H](C)[C@@H](C(CC(=O)N1CCC[C@H]1[C@H](OC)[C@@H](C)C(=O)C[C@H](C)[C@@H](O)c1ccccc1)OC)N(C)C(=O)[C@@H](CC(=O)[C@H](C)N(C)C)C(C)C. The molecule has 2 amide bonds. The highest BCUT2D eigenvalue weighted by Crippen LogP contribution is 2.32. The number of rotatable bonds is 21. The minimum Gasteiger partial charge on any atom is -0.388 e. The molecular weight excluding hydrogens is 634 g/mol. The molecule has 0 aliphatic carbocycles. The smallest absolute Gasteiger partial charge is 0.226 e. The molecular formula is C40H67N3O7. The van der Waals surface area contributed by atoms with Crippen LogP contribution in [-0.4, -0.2) is 115 Å². The third-order valence-corrected chi connectivity index (χ3v) is 11.3. The van der Waals surface area contributed by atoms with Gasteiger partial charge in [0.25, 0.3) is 0 Å². The number of hydrogen-bond donors (Lipinski definition) is 1. The molecule has 1 unspecified atom stereocenters. The van der Waals surface area contributed by atoms with Crippen molar-refractivity contribution < 1.29 is 33.8 Å². The van der Waals surface area contributed by atoms with Crippen molar-refractivity contribution in [3.8, 4) is 0 Å². The zero-order chi connectivity index (χ0) is 37.9. The van der Waals surface area contributed by atoms with E-state index >= 15 is 0 Å². The van der Waals surface area contributed by atoms with Gasteiger partial charge in [-0.15, -0.1) is 0 Å². The zero-order valence-corrected chi connectivity index (χ0v) is 32.9. The van der Waals surface area contributed by atoms with Crippen LogP contribution in [0.3, 0.4) is 0 Å². The molecule has 1 aliphatic rings. The van der Waals surface area contributed by atoms with E-state index in [4.69, 9.17) is 9.47 Å². The van der Waals surface area contributed by atoms with Gasteiger partial charge in [-0.05, 0) is 57.2 Å². The summed E-state index contributed by atoms with van der Waals surface area (Å²) in [5.74, 6) is -1.47. The molecule has 1 aromatic carbocycles. The second kappa shape index (κ2) is 20.4. The van der Waals surface area contributed by atoms with Gasteiger partial charge in [-0.25, -0.2) is 0 Å². The highest BCUT2D eigenvalue weighted by molar-refractivity contribution is 5.90. The van der Waals surface area contributed by atoms with Gasteiger partial charge in [-0.3, -0.25) is 24.1 Å². The maximum atomic E-state index is 14.1. The number of likely N-dealkylation sites (tertiary alicyclic amines) is 1. The molecule has 0 radical (unpaired) electrons. The largest absolute Gasteiger partial charge is 0.388 e. The van der Waals surface area contributed by atoms with Crippen LogP contribution in [0.25, 0.3) is 0 Å². The molecule has 2 rings (SSSR count). The van der Waals surface area contributed by atoms with Gasteiger partial charge in [-0.2, -0.15) is 0 Å². The third-order valence-electron chi connectivity index (χ3n) is 11.3. The molecule has 0 bridgehead atoms. The highest BCUT2D eigenvalue weighted by atomic mass is 16.5. The van der Waals surface area contributed by atoms with Gasteiger partial charge >= 0.3 is 0 Å². The lowest BCUT2D eigenvalue weighted by molar-refractivity contribution is -0.149. The van der Waals surface area contributed by atoms with Gasteiger partial charge in [0.2, 0.25) is 11.8 Å². The molecule has 0 spiro atoms. The second-order valence-electron chi connectivity index (χ2n) is 15.3. The molecule has 1 aliphatic heterocycles. The molecule has 284 valence electrons. The maximum Gasteiger partial charge on any atom is 0.226 e. The highest BCUT2D eigenvalue weighted by Gasteiger charge is 2.43. The fourth-order valence-corrected chi connectivity index (χ4v) is 7.48. The van der Waals surface area contributed by atoms with Crippen LogP contribution in [0.2, 0.25) is 0 Å². The number of amides is 2. The number of nitrogens with zero attached hydrogens (tertiary/aromatic N) is 3. The van der Waals surface area contributed by atoms with Crippen molar-refractivity contribution in [1.82, 2.24) is 14.7 Å². The van der Waals surface area contributed by atoms with E-state index < -0.39 is 30.1 Å². The van der Waals surface area contributed by atoms with Gasteiger partial charge in [0.05, 0.1) is 42.9 Å². The van der Waals surface area contributed by atoms with Crippen LogP contribution in [0.15, 0.2) is 30.3 Å². The topological polar surface area (TPSA) is 117 Å². The van der Waals surface area contributed by atoms with Crippen molar-refractivity contribution in [1.29, 1.82) is 0 Å². The summed E-state index contributed by atoms with van der Waals surface area (Å²) in [7, 11) is 8.66. The summed E-state index contributed by atoms with van der Waals surface area (Å²) in [4.78, 5) is 60.3. The first-order valence-electron chi connectivity index (χ1n) is 18.6. The minimum absolute atomic E-state index is 0.0106. The number of methoxy groups -OCH3 is 2. The van der Waals surface area contributed by atoms with Crippen molar-refractivity contribution in [2.24, 2.45) is 29.6 Å². The number of likely N-dealkylation sites (N-methyl/N-ethyl adjacent to an activating group) is 2. The van der Waals surface area contributed by atoms with E-state index in [2.05, 4.69) is 13.8 Å². The number of aliphatic hydroxyl groups is 1. The molecule has 1 saturated heterocycles. The first-order valence-corrected chi connectivity index (χ1v) is 18.6. The molecule has 0 saturated carbocycles. The normalized spacial score (nSPS) is 20.5. The van der Waals surface area contributed by atoms with Crippen molar-refractivity contribution in [2.75, 3.05) is 41.9 Å². The van der Waals surface area contributed by atoms with Gasteiger partial charge in [-0.1, -0.05) is 78.3 Å². The van der Waals surface area contributed by atoms with E-state index in [1.54, 1.807) is 26.2 Å². The number of benzene rings is 1. The lowest BCUT2D eigenvalue weighted by Crippen LogP contribution is -2.54. The fourth-order valence-electron chi connectivity index (χ4n) is 7.48. The number of carbonyl (C=O) groups excluding carboxylic acids is 4.